The van der Waals surface area contributed by atoms with Crippen molar-refractivity contribution in [1.82, 2.24) is 9.88 Å². The summed E-state index contributed by atoms with van der Waals surface area (Å²) in [6.45, 7) is 6.15. The Labute approximate surface area is 156 Å². The minimum atomic E-state index is 0.897. The number of amidine groups is 2. The van der Waals surface area contributed by atoms with Crippen molar-refractivity contribution in [1.29, 1.82) is 0 Å². The lowest BCUT2D eigenvalue weighted by Gasteiger charge is -2.27. The fourth-order valence-electron chi connectivity index (χ4n) is 3.77. The molecule has 1 aromatic carbocycles. The van der Waals surface area contributed by atoms with Gasteiger partial charge in [0.15, 0.2) is 0 Å². The van der Waals surface area contributed by atoms with Gasteiger partial charge < -0.3 is 4.90 Å². The maximum atomic E-state index is 4.97. The number of aromatic nitrogens is 1. The van der Waals surface area contributed by atoms with Gasteiger partial charge in [-0.3, -0.25) is 4.99 Å². The molecule has 0 N–H and O–H groups in total. The standard InChI is InChI=1S/C21H20N4S/c1-13-12-16(15-8-4-3-5-9-15)24-21-17(13)18-19(26-21)20-22-10-6-7-11-25(20)14(2)23-18/h3-5,8-9,12H,6-7,10-11H2,1-2H3. The second-order valence-electron chi connectivity index (χ2n) is 6.87. The zero-order valence-electron chi connectivity index (χ0n) is 15.0. The van der Waals surface area contributed by atoms with Crippen LogP contribution in [0.3, 0.4) is 0 Å². The van der Waals surface area contributed by atoms with Crippen molar-refractivity contribution in [2.75, 3.05) is 13.1 Å². The number of aliphatic imine (C=N–C) groups is 2. The van der Waals surface area contributed by atoms with Gasteiger partial charge in [-0.1, -0.05) is 30.3 Å². The first kappa shape index (κ1) is 15.7. The van der Waals surface area contributed by atoms with Gasteiger partial charge in [0.25, 0.3) is 0 Å². The summed E-state index contributed by atoms with van der Waals surface area (Å²) in [4.78, 5) is 19.3. The van der Waals surface area contributed by atoms with Crippen molar-refractivity contribution in [3.8, 4) is 11.3 Å². The molecule has 2 aliphatic rings. The molecule has 0 saturated carbocycles. The van der Waals surface area contributed by atoms with Crippen LogP contribution in [-0.2, 0) is 0 Å². The van der Waals surface area contributed by atoms with Gasteiger partial charge in [0.2, 0.25) is 0 Å². The van der Waals surface area contributed by atoms with Crippen LogP contribution in [0.1, 0.15) is 30.2 Å². The Morgan fingerprint density at radius 3 is 2.77 bits per heavy atom. The van der Waals surface area contributed by atoms with Crippen LogP contribution in [0.25, 0.3) is 21.5 Å². The van der Waals surface area contributed by atoms with E-state index >= 15 is 0 Å². The molecule has 0 radical (unpaired) electrons. The van der Waals surface area contributed by atoms with Crippen molar-refractivity contribution in [2.24, 2.45) is 9.98 Å². The van der Waals surface area contributed by atoms with Gasteiger partial charge in [-0.25, -0.2) is 9.98 Å². The smallest absolute Gasteiger partial charge is 0.148 e. The van der Waals surface area contributed by atoms with Gasteiger partial charge >= 0.3 is 0 Å². The molecular formula is C21H20N4S. The number of fused-ring (bicyclic) bond motifs is 5. The van der Waals surface area contributed by atoms with E-state index in [2.05, 4.69) is 49.1 Å². The van der Waals surface area contributed by atoms with Gasteiger partial charge in [0.05, 0.1) is 16.3 Å². The Bertz CT molecular complexity index is 1060. The Morgan fingerprint density at radius 2 is 1.92 bits per heavy atom. The number of hydrogen-bond donors (Lipinski definition) is 0. The number of hydrogen-bond acceptors (Lipinski definition) is 5. The topological polar surface area (TPSA) is 40.9 Å². The van der Waals surface area contributed by atoms with Crippen molar-refractivity contribution >= 4 is 38.9 Å². The third-order valence-electron chi connectivity index (χ3n) is 5.08. The molecule has 0 bridgehead atoms. The summed E-state index contributed by atoms with van der Waals surface area (Å²) in [5.41, 5.74) is 4.46. The maximum Gasteiger partial charge on any atom is 0.148 e. The molecule has 2 aromatic heterocycles. The van der Waals surface area contributed by atoms with Gasteiger partial charge in [-0.05, 0) is 38.3 Å². The van der Waals surface area contributed by atoms with Crippen LogP contribution in [0.4, 0.5) is 5.69 Å². The molecular weight excluding hydrogens is 340 g/mol. The predicted molar refractivity (Wildman–Crippen MR) is 110 cm³/mol. The van der Waals surface area contributed by atoms with Crippen LogP contribution in [0.5, 0.6) is 0 Å². The van der Waals surface area contributed by atoms with Crippen molar-refractivity contribution in [3.05, 3.63) is 46.8 Å². The molecule has 0 atom stereocenters. The van der Waals surface area contributed by atoms with Crippen LogP contribution in [0.2, 0.25) is 0 Å². The molecule has 26 heavy (non-hydrogen) atoms. The van der Waals surface area contributed by atoms with Crippen LogP contribution in [0, 0.1) is 6.92 Å². The van der Waals surface area contributed by atoms with Gasteiger partial charge in [0, 0.05) is 24.0 Å². The van der Waals surface area contributed by atoms with Crippen LogP contribution in [-0.4, -0.2) is 34.6 Å². The van der Waals surface area contributed by atoms with Gasteiger partial charge in [-0.15, -0.1) is 11.3 Å². The van der Waals surface area contributed by atoms with E-state index in [9.17, 15) is 0 Å². The molecule has 5 heteroatoms. The number of pyridine rings is 1. The fraction of sp³-hybridized carbons (Fsp3) is 0.286. The summed E-state index contributed by atoms with van der Waals surface area (Å²) in [7, 11) is 0. The van der Waals surface area contributed by atoms with E-state index in [-0.39, 0.29) is 0 Å². The number of rotatable bonds is 1. The molecule has 130 valence electrons. The summed E-state index contributed by atoms with van der Waals surface area (Å²) in [6.07, 6.45) is 2.30. The van der Waals surface area contributed by atoms with Crippen molar-refractivity contribution < 1.29 is 0 Å². The zero-order valence-corrected chi connectivity index (χ0v) is 15.8. The van der Waals surface area contributed by atoms with E-state index in [4.69, 9.17) is 15.0 Å². The largest absolute Gasteiger partial charge is 0.314 e. The van der Waals surface area contributed by atoms with Crippen LogP contribution in [0.15, 0.2) is 46.4 Å². The third kappa shape index (κ3) is 2.38. The van der Waals surface area contributed by atoms with E-state index in [1.54, 1.807) is 11.3 Å². The summed E-state index contributed by atoms with van der Waals surface area (Å²) in [5.74, 6) is 2.14. The molecule has 5 rings (SSSR count). The SMILES string of the molecule is CC1=Nc2c(sc3nc(-c4ccccc4)cc(C)c23)C2=NCCCCN12. The monoisotopic (exact) mass is 360 g/mol. The average molecular weight is 360 g/mol. The van der Waals surface area contributed by atoms with E-state index in [0.29, 0.717) is 0 Å². The minimum Gasteiger partial charge on any atom is -0.314 e. The van der Waals surface area contributed by atoms with Gasteiger partial charge in [-0.2, -0.15) is 0 Å². The van der Waals surface area contributed by atoms with Crippen molar-refractivity contribution in [2.45, 2.75) is 26.7 Å². The van der Waals surface area contributed by atoms with Gasteiger partial charge in [0.1, 0.15) is 16.5 Å². The minimum absolute atomic E-state index is 0.897. The lowest BCUT2D eigenvalue weighted by molar-refractivity contribution is 0.578. The Hall–Kier alpha value is -2.53. The molecule has 4 heterocycles. The molecule has 4 nitrogen and oxygen atoms in total. The lowest BCUT2D eigenvalue weighted by Crippen LogP contribution is -2.37. The summed E-state index contributed by atoms with van der Waals surface area (Å²) < 4.78 is 0. The number of aryl methyl sites for hydroxylation is 1. The molecule has 0 saturated heterocycles. The van der Waals surface area contributed by atoms with E-state index in [1.807, 2.05) is 6.07 Å². The molecule has 0 amide bonds. The van der Waals surface area contributed by atoms with Crippen molar-refractivity contribution in [3.63, 3.8) is 0 Å². The highest BCUT2D eigenvalue weighted by molar-refractivity contribution is 7.21. The first-order valence-corrected chi connectivity index (χ1v) is 9.91. The molecule has 3 aromatic rings. The highest BCUT2D eigenvalue weighted by Crippen LogP contribution is 2.43. The number of benzene rings is 1. The summed E-state index contributed by atoms with van der Waals surface area (Å²) in [5, 5.41) is 1.18. The average Bonchev–Trinajstić information content (AvgIpc) is 2.85. The molecule has 2 aliphatic heterocycles. The number of thiophene rings is 1. The van der Waals surface area contributed by atoms with E-state index in [1.165, 1.54) is 15.8 Å². The first-order chi connectivity index (χ1) is 12.7. The van der Waals surface area contributed by atoms with Crippen LogP contribution < -0.4 is 0 Å². The predicted octanol–water partition coefficient (Wildman–Crippen LogP) is 5.18. The highest BCUT2D eigenvalue weighted by Gasteiger charge is 2.29. The molecule has 0 spiro atoms. The lowest BCUT2D eigenvalue weighted by atomic mass is 10.1. The maximum absolute atomic E-state index is 4.97. The zero-order chi connectivity index (χ0) is 17.7. The quantitative estimate of drug-likeness (QED) is 0.600. The Morgan fingerprint density at radius 1 is 1.08 bits per heavy atom. The molecule has 0 fully saturated rings. The highest BCUT2D eigenvalue weighted by atomic mass is 32.1. The second kappa shape index (κ2) is 6.02. The second-order valence-corrected chi connectivity index (χ2v) is 7.87. The van der Waals surface area contributed by atoms with E-state index < -0.39 is 0 Å². The molecule has 0 aliphatic carbocycles. The normalized spacial score (nSPS) is 16.6. The Kier molecular flexibility index (Phi) is 3.64. The summed E-state index contributed by atoms with van der Waals surface area (Å²) in [6, 6.07) is 12.6. The summed E-state index contributed by atoms with van der Waals surface area (Å²) >= 11 is 1.73. The number of nitrogens with zero attached hydrogens (tertiary/aromatic N) is 4. The third-order valence-corrected chi connectivity index (χ3v) is 6.15. The Balaban J connectivity index is 1.75. The fourth-order valence-corrected chi connectivity index (χ4v) is 4.98. The molecule has 0 unspecified atom stereocenters. The first-order valence-electron chi connectivity index (χ1n) is 9.09. The van der Waals surface area contributed by atoms with Crippen LogP contribution >= 0.6 is 11.3 Å². The van der Waals surface area contributed by atoms with E-state index in [0.717, 1.165) is 59.4 Å².